The van der Waals surface area contributed by atoms with Crippen LogP contribution in [0.3, 0.4) is 0 Å². The molecular weight excluding hydrogens is 75.5 g/mol. The van der Waals surface area contributed by atoms with Crippen molar-refractivity contribution >= 4 is 12.3 Å². The number of halogens is 1. The molecule has 0 aromatic carbocycles. The Morgan fingerprint density at radius 3 is 2.75 bits per heavy atom. The molecule has 0 aliphatic rings. The van der Waals surface area contributed by atoms with Gasteiger partial charge in [-0.3, -0.25) is 0 Å². The van der Waals surface area contributed by atoms with Crippen LogP contribution in [0.25, 0.3) is 0 Å². The Labute approximate surface area is 43.8 Å². The van der Waals surface area contributed by atoms with Gasteiger partial charge in [0.2, 0.25) is 0 Å². The van der Waals surface area contributed by atoms with E-state index in [1.54, 1.807) is 0 Å². The molecule has 0 saturated heterocycles. The predicted octanol–water partition coefficient (Wildman–Crippen LogP) is 0.257. The van der Waals surface area contributed by atoms with Gasteiger partial charge >= 0.3 is 0 Å². The minimum Gasteiger partial charge on any atom is -0.323 e. The van der Waals surface area contributed by atoms with Crippen LogP contribution < -0.4 is 5.31 Å². The van der Waals surface area contributed by atoms with Crippen molar-refractivity contribution in [2.24, 2.45) is 0 Å². The highest BCUT2D eigenvalue weighted by Gasteiger charge is 1.25. The lowest BCUT2D eigenvalue weighted by Crippen LogP contribution is -1.89. The molecular formula is C2H8ClN. The lowest BCUT2D eigenvalue weighted by atomic mass is 12.0. The Kier molecular flexibility index (Phi) is 1.12. The van der Waals surface area contributed by atoms with E-state index in [2.05, 4.69) is 12.3 Å². The van der Waals surface area contributed by atoms with Gasteiger partial charge in [-0.1, -0.05) is 0 Å². The molecule has 0 aliphatic carbocycles. The lowest BCUT2D eigenvalue weighted by molar-refractivity contribution is 1.02. The molecule has 0 amide bonds. The minimum absolute atomic E-state index is 0.375. The standard InChI is InChI=1S/C2H7N.ClH/c1-3-2;/h3H,1-2H3;1H/i1+1D3,2+1D3;/hD2. The third-order valence-corrected chi connectivity index (χ3v) is 0. The molecule has 4 heavy (non-hydrogen) atoms. The maximum Gasteiger partial charge on any atom is 0.147 e. The maximum absolute atomic E-state index is 6.58. The van der Waals surface area contributed by atoms with E-state index in [1.807, 2.05) is 0 Å². The van der Waals surface area contributed by atoms with Gasteiger partial charge < -0.3 is 5.31 Å². The molecule has 0 rings (SSSR count). The molecule has 0 fully saturated rings. The van der Waals surface area contributed by atoms with E-state index >= 15 is 0 Å². The molecule has 0 bridgehead atoms. The van der Waals surface area contributed by atoms with Crippen molar-refractivity contribution in [3.8, 4) is 0 Å². The first-order chi connectivity index (χ1) is 5.15. The molecule has 0 heterocycles. The van der Waals surface area contributed by atoms with Crippen LogP contribution in [-0.4, -0.2) is 15.1 Å². The summed E-state index contributed by atoms with van der Waals surface area (Å²) < 4.78 is 50.8. The maximum atomic E-state index is 6.58. The Bertz CT molecular complexity index is 101. The Morgan fingerprint density at radius 1 is 2.25 bits per heavy atom. The first-order valence-electron chi connectivity index (χ1n) is 4.27. The summed E-state index contributed by atoms with van der Waals surface area (Å²) in [6.45, 7) is -5.74. The highest BCUT2D eigenvalue weighted by molar-refractivity contribution is 5.85. The van der Waals surface area contributed by atoms with E-state index in [0.29, 0.717) is 0 Å². The van der Waals surface area contributed by atoms with Gasteiger partial charge in [0.05, 0.1) is 0 Å². The first-order valence-corrected chi connectivity index (χ1v) is 0.447. The van der Waals surface area contributed by atoms with Crippen molar-refractivity contribution in [2.45, 2.75) is 0 Å². The van der Waals surface area contributed by atoms with Crippen LogP contribution in [0.4, 0.5) is 0 Å². The quantitative estimate of drug-likeness (QED) is 0.422. The van der Waals surface area contributed by atoms with Gasteiger partial charge in [0.15, 0.2) is 0 Å². The summed E-state index contributed by atoms with van der Waals surface area (Å²) in [5.74, 6) is 0. The van der Waals surface area contributed by atoms with Crippen molar-refractivity contribution in [3.63, 3.8) is 0 Å². The van der Waals surface area contributed by atoms with E-state index in [9.17, 15) is 0 Å². The topological polar surface area (TPSA) is 12.0 Å². The summed E-state index contributed by atoms with van der Waals surface area (Å²) in [6.07, 6.45) is 0. The molecule has 1 nitrogen and oxygen atoms in total. The van der Waals surface area contributed by atoms with Crippen molar-refractivity contribution < 1.29 is 9.64 Å². The number of nitrogens with one attached hydrogen (secondary N) is 1. The fourth-order valence-electron chi connectivity index (χ4n) is 0. The average Bonchev–Trinajstić information content (AvgIpc) is 1.87. The zero-order valence-corrected chi connectivity index (χ0v) is 2.58. The number of hydrogen-bond donors (Lipinski definition) is 1. The van der Waals surface area contributed by atoms with Crippen molar-refractivity contribution in [3.05, 3.63) is 0 Å². The molecule has 0 radical (unpaired) electrons. The molecule has 0 saturated carbocycles. The van der Waals surface area contributed by atoms with Crippen molar-refractivity contribution in [1.29, 1.82) is 1.17 Å². The highest BCUT2D eigenvalue weighted by atomic mass is 35.5. The fourth-order valence-corrected chi connectivity index (χ4v) is 0. The summed E-state index contributed by atoms with van der Waals surface area (Å²) in [5.41, 5.74) is 0. The third kappa shape index (κ3) is 56.3. The molecule has 0 unspecified atom stereocenters. The Morgan fingerprint density at radius 2 is 2.75 bits per heavy atom. The normalized spacial score (nSPS) is 39.5. The van der Waals surface area contributed by atoms with E-state index in [0.717, 1.165) is 0 Å². The molecule has 2 heteroatoms. The van der Waals surface area contributed by atoms with Crippen LogP contribution >= 0.6 is 12.3 Å². The van der Waals surface area contributed by atoms with Gasteiger partial charge in [0.1, 0.15) is 2.58 Å². The van der Waals surface area contributed by atoms with E-state index < -0.39 is 14.0 Å². The molecule has 0 aliphatic heterocycles. The summed E-state index contributed by atoms with van der Waals surface area (Å²) in [5, 5.41) is -0.375. The second kappa shape index (κ2) is 10.5. The molecule has 0 atom stereocenters. The van der Waals surface area contributed by atoms with E-state index in [1.165, 1.54) is 0 Å². The lowest BCUT2D eigenvalue weighted by Gasteiger charge is -1.59. The van der Waals surface area contributed by atoms with Crippen molar-refractivity contribution in [2.75, 3.05) is 14.0 Å². The second-order valence-electron chi connectivity index (χ2n) is 0.112. The van der Waals surface area contributed by atoms with Crippen LogP contribution in [0.15, 0.2) is 0 Å². The number of rotatable bonds is 0. The molecule has 0 aromatic rings. The average molecular weight is 91.6 g/mol. The summed E-state index contributed by atoms with van der Waals surface area (Å²) >= 11 is 3.89. The molecule has 0 aromatic heterocycles. The van der Waals surface area contributed by atoms with Crippen LogP contribution in [0.2, 0.25) is 1.41 Å². The fraction of sp³-hybridized carbons (Fsp3) is 1.00. The van der Waals surface area contributed by atoms with Crippen LogP contribution in [-0.2, 0) is 0 Å². The van der Waals surface area contributed by atoms with E-state index in [4.69, 9.17) is 10.8 Å². The van der Waals surface area contributed by atoms with Crippen LogP contribution in [0, 0.1) is 0 Å². The Hall–Kier alpha value is 0.250. The van der Waals surface area contributed by atoms with Crippen molar-refractivity contribution in [1.82, 2.24) is 5.31 Å². The zero-order chi connectivity index (χ0) is 10.6. The van der Waals surface area contributed by atoms with Gasteiger partial charge in [0, 0.05) is 8.22 Å². The summed E-state index contributed by atoms with van der Waals surface area (Å²) in [4.78, 5) is 0. The van der Waals surface area contributed by atoms with Gasteiger partial charge in [-0.25, -0.2) is 0 Å². The van der Waals surface area contributed by atoms with Gasteiger partial charge in [-0.15, -0.1) is 12.3 Å². The Balaban J connectivity index is 0. The monoisotopic (exact) mass is 91.1 g/mol. The van der Waals surface area contributed by atoms with Crippen LogP contribution in [0.1, 0.15) is 8.22 Å². The predicted molar refractivity (Wildman–Crippen MR) is 22.2 cm³/mol. The smallest absolute Gasteiger partial charge is 0.147 e. The molecule has 28 valence electrons. The van der Waals surface area contributed by atoms with Gasteiger partial charge in [0.25, 0.3) is 0 Å². The van der Waals surface area contributed by atoms with Gasteiger partial charge in [-0.05, 0) is 14.0 Å². The SMILES string of the molecule is [2H]Cl.[2H]N([13C]([2H])([2H])[2H])[13C]([2H])([2H])[2H]. The van der Waals surface area contributed by atoms with Crippen LogP contribution in [0.5, 0.6) is 0 Å². The molecule has 0 spiro atoms. The summed E-state index contributed by atoms with van der Waals surface area (Å²) in [6, 6.07) is 0. The second-order valence-corrected chi connectivity index (χ2v) is 0.112. The first kappa shape index (κ1) is 0.427. The highest BCUT2D eigenvalue weighted by Crippen LogP contribution is 0.981. The van der Waals surface area contributed by atoms with Gasteiger partial charge in [-0.2, -0.15) is 0 Å². The largest absolute Gasteiger partial charge is 0.323 e. The minimum atomic E-state index is -2.87. The molecule has 1 N–H and O–H groups in total. The summed E-state index contributed by atoms with van der Waals surface area (Å²) in [7, 11) is 0. The van der Waals surface area contributed by atoms with E-state index in [-0.39, 0.29) is 5.31 Å². The number of hydrogen-bond acceptors (Lipinski definition) is 1. The zero-order valence-electron chi connectivity index (χ0n) is 9.83. The third-order valence-electron chi connectivity index (χ3n) is 0.